The van der Waals surface area contributed by atoms with E-state index in [0.717, 1.165) is 33.6 Å². The quantitative estimate of drug-likeness (QED) is 0.119. The number of nitrogens with zero attached hydrogens (tertiary/aromatic N) is 3. The van der Waals surface area contributed by atoms with Crippen LogP contribution in [0.3, 0.4) is 0 Å². The lowest BCUT2D eigenvalue weighted by atomic mass is 9.76. The Morgan fingerprint density at radius 3 is 1.59 bits per heavy atom. The van der Waals surface area contributed by atoms with Crippen molar-refractivity contribution in [2.75, 3.05) is 29.5 Å². The van der Waals surface area contributed by atoms with Gasteiger partial charge in [0.25, 0.3) is 0 Å². The molecule has 0 fully saturated rings. The van der Waals surface area contributed by atoms with Gasteiger partial charge in [-0.1, -0.05) is 60.7 Å². The molecule has 10 nitrogen and oxygen atoms in total. The van der Waals surface area contributed by atoms with Gasteiger partial charge in [-0.25, -0.2) is 0 Å². The highest BCUT2D eigenvalue weighted by Crippen LogP contribution is 2.58. The highest BCUT2D eigenvalue weighted by Gasteiger charge is 2.60. The summed E-state index contributed by atoms with van der Waals surface area (Å²) in [5.41, 5.74) is 8.75. The Labute approximate surface area is 326 Å². The first-order chi connectivity index (χ1) is 27.0. The van der Waals surface area contributed by atoms with Crippen molar-refractivity contribution in [3.05, 3.63) is 148 Å². The number of nitrogens with one attached hydrogen (secondary N) is 1. The SMILES string of the molecule is COc1cc(N=O)cc2c1OC1(C=C2)N(Cc2ccc(CN3c4ccccc4C(C)(C)C34C=Cc3cc(NO)cc(OC)c3O4)cc2)c2ccccc2C1(C)C. The molecule has 2 atom stereocenters. The third-order valence-corrected chi connectivity index (χ3v) is 12.4. The largest absolute Gasteiger partial charge is 0.493 e. The Kier molecular flexibility index (Phi) is 8.00. The van der Waals surface area contributed by atoms with E-state index < -0.39 is 22.3 Å². The first-order valence-electron chi connectivity index (χ1n) is 18.8. The van der Waals surface area contributed by atoms with Crippen LogP contribution in [-0.4, -0.2) is 30.9 Å². The molecule has 4 aliphatic heterocycles. The Bertz CT molecular complexity index is 2460. The zero-order valence-corrected chi connectivity index (χ0v) is 32.3. The molecule has 0 radical (unpaired) electrons. The van der Waals surface area contributed by atoms with Crippen LogP contribution in [0, 0.1) is 4.91 Å². The minimum atomic E-state index is -0.890. The summed E-state index contributed by atoms with van der Waals surface area (Å²) >= 11 is 0. The number of fused-ring (bicyclic) bond motifs is 4. The van der Waals surface area contributed by atoms with Crippen molar-refractivity contribution >= 4 is 34.9 Å². The highest BCUT2D eigenvalue weighted by atomic mass is 16.6. The Hall–Kier alpha value is -6.26. The van der Waals surface area contributed by atoms with Gasteiger partial charge in [0.05, 0.1) is 30.7 Å². The Balaban J connectivity index is 1.06. The molecule has 0 saturated heterocycles. The van der Waals surface area contributed by atoms with Crippen LogP contribution in [0.1, 0.15) is 61.1 Å². The molecule has 2 spiro atoms. The van der Waals surface area contributed by atoms with Gasteiger partial charge < -0.3 is 28.7 Å². The predicted molar refractivity (Wildman–Crippen MR) is 219 cm³/mol. The molecule has 9 rings (SSSR count). The Morgan fingerprint density at radius 1 is 0.661 bits per heavy atom. The number of anilines is 3. The molecule has 5 aromatic carbocycles. The minimum Gasteiger partial charge on any atom is -0.493 e. The minimum absolute atomic E-state index is 0.285. The van der Waals surface area contributed by atoms with Crippen molar-refractivity contribution < 1.29 is 24.2 Å². The summed E-state index contributed by atoms with van der Waals surface area (Å²) < 4.78 is 25.7. The van der Waals surface area contributed by atoms with Gasteiger partial charge in [-0.15, -0.1) is 4.91 Å². The number of benzene rings is 5. The maximum atomic E-state index is 11.5. The number of methoxy groups -OCH3 is 2. The van der Waals surface area contributed by atoms with Crippen LogP contribution in [0.25, 0.3) is 12.2 Å². The summed E-state index contributed by atoms with van der Waals surface area (Å²) in [7, 11) is 3.19. The maximum Gasteiger partial charge on any atom is 0.212 e. The van der Waals surface area contributed by atoms with Crippen molar-refractivity contribution in [1.82, 2.24) is 0 Å². The van der Waals surface area contributed by atoms with Gasteiger partial charge in [-0.3, -0.25) is 10.7 Å². The molecule has 10 heteroatoms. The molecule has 4 aliphatic rings. The molecule has 0 bridgehead atoms. The molecule has 2 unspecified atom stereocenters. The van der Waals surface area contributed by atoms with Crippen molar-refractivity contribution in [2.24, 2.45) is 5.18 Å². The van der Waals surface area contributed by atoms with E-state index in [-0.39, 0.29) is 5.69 Å². The number of rotatable bonds is 8. The van der Waals surface area contributed by atoms with Gasteiger partial charge in [0.1, 0.15) is 5.69 Å². The molecular weight excluding hydrogens is 705 g/mol. The summed E-state index contributed by atoms with van der Waals surface area (Å²) in [6, 6.07) is 32.7. The van der Waals surface area contributed by atoms with Gasteiger partial charge in [0, 0.05) is 47.7 Å². The van der Waals surface area contributed by atoms with E-state index in [1.165, 1.54) is 11.1 Å². The van der Waals surface area contributed by atoms with Gasteiger partial charge >= 0.3 is 0 Å². The maximum absolute atomic E-state index is 11.5. The number of para-hydroxylation sites is 2. The Morgan fingerprint density at radius 2 is 1.12 bits per heavy atom. The molecule has 0 aliphatic carbocycles. The number of nitroso groups, excluding NO2 is 1. The fourth-order valence-electron chi connectivity index (χ4n) is 9.28. The van der Waals surface area contributed by atoms with E-state index in [1.807, 2.05) is 12.1 Å². The van der Waals surface area contributed by atoms with Gasteiger partial charge in [0.2, 0.25) is 11.4 Å². The van der Waals surface area contributed by atoms with Crippen LogP contribution in [0.4, 0.5) is 22.7 Å². The number of hydrogen-bond acceptors (Lipinski definition) is 10. The van der Waals surface area contributed by atoms with Crippen molar-refractivity contribution in [3.8, 4) is 23.0 Å². The zero-order valence-electron chi connectivity index (χ0n) is 32.3. The van der Waals surface area contributed by atoms with E-state index in [4.69, 9.17) is 18.9 Å². The van der Waals surface area contributed by atoms with Gasteiger partial charge in [-0.2, -0.15) is 0 Å². The summed E-state index contributed by atoms with van der Waals surface area (Å²) in [4.78, 5) is 16.2. The summed E-state index contributed by atoms with van der Waals surface area (Å²) in [5.74, 6) is 2.20. The van der Waals surface area contributed by atoms with Gasteiger partial charge in [-0.05, 0) is 104 Å². The van der Waals surface area contributed by atoms with Crippen LogP contribution in [-0.2, 0) is 23.9 Å². The molecule has 56 heavy (non-hydrogen) atoms. The topological polar surface area (TPSA) is 105 Å². The lowest BCUT2D eigenvalue weighted by Crippen LogP contribution is -2.59. The zero-order chi connectivity index (χ0) is 39.0. The molecule has 0 amide bonds. The monoisotopic (exact) mass is 748 g/mol. The molecule has 284 valence electrons. The third kappa shape index (κ3) is 4.91. The second kappa shape index (κ2) is 12.6. The highest BCUT2D eigenvalue weighted by molar-refractivity contribution is 5.77. The number of hydrogen-bond donors (Lipinski definition) is 2. The van der Waals surface area contributed by atoms with E-state index in [1.54, 1.807) is 32.4 Å². The normalized spacial score (nSPS) is 21.5. The van der Waals surface area contributed by atoms with Crippen LogP contribution < -0.4 is 34.2 Å². The molecule has 2 N–H and O–H groups in total. The summed E-state index contributed by atoms with van der Waals surface area (Å²) in [6.45, 7) is 10.0. The first-order valence-corrected chi connectivity index (χ1v) is 18.8. The van der Waals surface area contributed by atoms with E-state index in [2.05, 4.69) is 139 Å². The van der Waals surface area contributed by atoms with Gasteiger partial charge in [0.15, 0.2) is 23.0 Å². The lowest BCUT2D eigenvalue weighted by Gasteiger charge is -2.47. The molecule has 0 saturated carbocycles. The smallest absolute Gasteiger partial charge is 0.212 e. The molecule has 4 heterocycles. The van der Waals surface area contributed by atoms with Crippen molar-refractivity contribution in [2.45, 2.75) is 63.1 Å². The predicted octanol–water partition coefficient (Wildman–Crippen LogP) is 10.1. The number of ether oxygens (including phenoxy) is 4. The molecular formula is C46H44N4O6. The van der Waals surface area contributed by atoms with E-state index >= 15 is 0 Å². The standard InChI is InChI=1S/C46H44N4O6/c1-43(2)35-11-7-9-13-37(35)49(45(43)21-19-31-23-33(47-51)25-39(53-5)41(31)55-45)27-29-15-17-30(18-16-29)28-50-38-14-10-8-12-36(38)44(3,4)46(50)22-20-32-24-34(48-52)26-40(54-6)42(32)56-46/h7-26,47,51H,27-28H2,1-6H3. The van der Waals surface area contributed by atoms with Crippen molar-refractivity contribution in [3.63, 3.8) is 0 Å². The second-order valence-corrected chi connectivity index (χ2v) is 15.9. The summed E-state index contributed by atoms with van der Waals surface area (Å²) in [5, 5.41) is 12.8. The van der Waals surface area contributed by atoms with E-state index in [0.29, 0.717) is 41.8 Å². The van der Waals surface area contributed by atoms with E-state index in [9.17, 15) is 10.1 Å². The fraction of sp³-hybridized carbons (Fsp3) is 0.261. The average molecular weight is 749 g/mol. The first kappa shape index (κ1) is 35.4. The molecule has 5 aromatic rings. The average Bonchev–Trinajstić information content (AvgIpc) is 3.51. The lowest BCUT2D eigenvalue weighted by molar-refractivity contribution is 0.0491. The van der Waals surface area contributed by atoms with Crippen LogP contribution >= 0.6 is 0 Å². The van der Waals surface area contributed by atoms with Crippen LogP contribution in [0.15, 0.2) is 114 Å². The second-order valence-electron chi connectivity index (χ2n) is 15.9. The third-order valence-electron chi connectivity index (χ3n) is 12.4. The fourth-order valence-corrected chi connectivity index (χ4v) is 9.28. The van der Waals surface area contributed by atoms with Crippen LogP contribution in [0.2, 0.25) is 0 Å². The molecule has 0 aromatic heterocycles. The van der Waals surface area contributed by atoms with Crippen molar-refractivity contribution in [1.29, 1.82) is 0 Å². The summed E-state index contributed by atoms with van der Waals surface area (Å²) in [6.07, 6.45) is 8.32. The van der Waals surface area contributed by atoms with Crippen LogP contribution in [0.5, 0.6) is 23.0 Å².